The van der Waals surface area contributed by atoms with Crippen LogP contribution in [0.25, 0.3) is 0 Å². The average Bonchev–Trinajstić information content (AvgIpc) is 2.72. The van der Waals surface area contributed by atoms with E-state index < -0.39 is 0 Å². The van der Waals surface area contributed by atoms with E-state index in [4.69, 9.17) is 5.26 Å². The first kappa shape index (κ1) is 15.1. The third kappa shape index (κ3) is 2.78. The molecule has 0 aromatic heterocycles. The molecule has 0 saturated carbocycles. The van der Waals surface area contributed by atoms with Gasteiger partial charge in [0, 0.05) is 25.2 Å². The molecule has 0 radical (unpaired) electrons. The minimum atomic E-state index is -0.0580. The van der Waals surface area contributed by atoms with E-state index in [1.54, 1.807) is 24.3 Å². The Morgan fingerprint density at radius 2 is 1.91 bits per heavy atom. The molecule has 0 fully saturated rings. The van der Waals surface area contributed by atoms with E-state index in [1.165, 1.54) is 0 Å². The van der Waals surface area contributed by atoms with Crippen LogP contribution in [0.3, 0.4) is 0 Å². The Kier molecular flexibility index (Phi) is 4.03. The van der Waals surface area contributed by atoms with Crippen molar-refractivity contribution in [2.75, 3.05) is 23.4 Å². The average molecular weight is 305 g/mol. The van der Waals surface area contributed by atoms with E-state index in [9.17, 15) is 4.79 Å². The SMILES string of the molecule is C[C@H]1CCN(C)c2ccccc2N1C(=O)c1cccc(C#N)c1. The summed E-state index contributed by atoms with van der Waals surface area (Å²) in [6.07, 6.45) is 0.898. The van der Waals surface area contributed by atoms with E-state index >= 15 is 0 Å². The number of fused-ring (bicyclic) bond motifs is 1. The van der Waals surface area contributed by atoms with E-state index in [1.807, 2.05) is 29.2 Å². The van der Waals surface area contributed by atoms with Gasteiger partial charge in [0.2, 0.25) is 0 Å². The molecule has 0 aliphatic carbocycles. The van der Waals surface area contributed by atoms with Gasteiger partial charge in [0.1, 0.15) is 0 Å². The molecule has 4 heteroatoms. The monoisotopic (exact) mass is 305 g/mol. The number of hydrogen-bond donors (Lipinski definition) is 0. The number of carbonyl (C=O) groups is 1. The lowest BCUT2D eigenvalue weighted by molar-refractivity contribution is 0.0978. The first-order valence-corrected chi connectivity index (χ1v) is 7.75. The van der Waals surface area contributed by atoms with Gasteiger partial charge in [-0.25, -0.2) is 0 Å². The summed E-state index contributed by atoms with van der Waals surface area (Å²) in [7, 11) is 2.05. The van der Waals surface area contributed by atoms with Crippen molar-refractivity contribution in [2.45, 2.75) is 19.4 Å². The second-order valence-electron chi connectivity index (χ2n) is 5.92. The molecule has 1 aliphatic heterocycles. The maximum Gasteiger partial charge on any atom is 0.258 e. The number of hydrogen-bond acceptors (Lipinski definition) is 3. The van der Waals surface area contributed by atoms with Gasteiger partial charge in [-0.3, -0.25) is 4.79 Å². The Labute approximate surface area is 136 Å². The fraction of sp³-hybridized carbons (Fsp3) is 0.263. The third-order valence-corrected chi connectivity index (χ3v) is 4.33. The van der Waals surface area contributed by atoms with Crippen molar-refractivity contribution >= 4 is 17.3 Å². The van der Waals surface area contributed by atoms with Gasteiger partial charge >= 0.3 is 0 Å². The molecule has 0 unspecified atom stereocenters. The fourth-order valence-electron chi connectivity index (χ4n) is 3.03. The van der Waals surface area contributed by atoms with Crippen LogP contribution in [0, 0.1) is 11.3 Å². The molecule has 0 bridgehead atoms. The van der Waals surface area contributed by atoms with E-state index in [2.05, 4.69) is 24.9 Å². The predicted molar refractivity (Wildman–Crippen MR) is 91.8 cm³/mol. The molecule has 23 heavy (non-hydrogen) atoms. The molecule has 1 heterocycles. The molecule has 1 aliphatic rings. The fourth-order valence-corrected chi connectivity index (χ4v) is 3.03. The smallest absolute Gasteiger partial charge is 0.258 e. The molecule has 116 valence electrons. The lowest BCUT2D eigenvalue weighted by Crippen LogP contribution is -2.38. The van der Waals surface area contributed by atoms with Crippen LogP contribution in [0.15, 0.2) is 48.5 Å². The summed E-state index contributed by atoms with van der Waals surface area (Å²) in [6.45, 7) is 2.97. The van der Waals surface area contributed by atoms with Gasteiger partial charge in [-0.1, -0.05) is 18.2 Å². The molecule has 1 amide bonds. The number of nitrogens with zero attached hydrogens (tertiary/aromatic N) is 3. The minimum Gasteiger partial charge on any atom is -0.373 e. The topological polar surface area (TPSA) is 47.3 Å². The minimum absolute atomic E-state index is 0.0580. The standard InChI is InChI=1S/C19H19N3O/c1-14-10-11-21(2)17-8-3-4-9-18(17)22(14)19(23)16-7-5-6-15(12-16)13-20/h3-9,12,14H,10-11H2,1-2H3/t14-/m0/s1. The zero-order chi connectivity index (χ0) is 16.4. The molecular formula is C19H19N3O. The normalized spacial score (nSPS) is 17.2. The van der Waals surface area contributed by atoms with Gasteiger partial charge in [-0.2, -0.15) is 5.26 Å². The van der Waals surface area contributed by atoms with Gasteiger partial charge in [0.05, 0.1) is 23.0 Å². The van der Waals surface area contributed by atoms with Crippen LogP contribution >= 0.6 is 0 Å². The van der Waals surface area contributed by atoms with E-state index in [0.717, 1.165) is 24.3 Å². The van der Waals surface area contributed by atoms with Crippen LogP contribution in [-0.2, 0) is 0 Å². The third-order valence-electron chi connectivity index (χ3n) is 4.33. The summed E-state index contributed by atoms with van der Waals surface area (Å²) < 4.78 is 0. The van der Waals surface area contributed by atoms with Gasteiger partial charge in [0.25, 0.3) is 5.91 Å². The van der Waals surface area contributed by atoms with Gasteiger partial charge in [0.15, 0.2) is 0 Å². The Hall–Kier alpha value is -2.80. The molecule has 2 aromatic rings. The lowest BCUT2D eigenvalue weighted by Gasteiger charge is -2.28. The molecule has 3 rings (SSSR count). The van der Waals surface area contributed by atoms with Gasteiger partial charge in [-0.05, 0) is 43.7 Å². The Bertz CT molecular complexity index is 778. The van der Waals surface area contributed by atoms with Crippen molar-refractivity contribution < 1.29 is 4.79 Å². The molecular weight excluding hydrogens is 286 g/mol. The highest BCUT2D eigenvalue weighted by Gasteiger charge is 2.29. The first-order chi connectivity index (χ1) is 11.1. The van der Waals surface area contributed by atoms with E-state index in [0.29, 0.717) is 11.1 Å². The molecule has 1 atom stereocenters. The van der Waals surface area contributed by atoms with Crippen LogP contribution in [0.2, 0.25) is 0 Å². The van der Waals surface area contributed by atoms with Crippen LogP contribution < -0.4 is 9.80 Å². The highest BCUT2D eigenvalue weighted by atomic mass is 16.2. The van der Waals surface area contributed by atoms with Crippen LogP contribution in [0.4, 0.5) is 11.4 Å². The molecule has 0 saturated heterocycles. The van der Waals surface area contributed by atoms with Crippen molar-refractivity contribution in [2.24, 2.45) is 0 Å². The lowest BCUT2D eigenvalue weighted by atomic mass is 10.1. The van der Waals surface area contributed by atoms with Gasteiger partial charge < -0.3 is 9.80 Å². The highest BCUT2D eigenvalue weighted by molar-refractivity contribution is 6.08. The maximum absolute atomic E-state index is 13.1. The van der Waals surface area contributed by atoms with Crippen molar-refractivity contribution in [1.82, 2.24) is 0 Å². The molecule has 0 spiro atoms. The number of rotatable bonds is 1. The quantitative estimate of drug-likeness (QED) is 0.811. The summed E-state index contributed by atoms with van der Waals surface area (Å²) in [4.78, 5) is 17.1. The van der Waals surface area contributed by atoms with Crippen molar-refractivity contribution in [3.05, 3.63) is 59.7 Å². The highest BCUT2D eigenvalue weighted by Crippen LogP contribution is 2.34. The number of carbonyl (C=O) groups excluding carboxylic acids is 1. The van der Waals surface area contributed by atoms with Crippen LogP contribution in [-0.4, -0.2) is 25.5 Å². The second-order valence-corrected chi connectivity index (χ2v) is 5.92. The second kappa shape index (κ2) is 6.13. The summed E-state index contributed by atoms with van der Waals surface area (Å²) in [5, 5.41) is 9.06. The van der Waals surface area contributed by atoms with Crippen molar-refractivity contribution in [3.8, 4) is 6.07 Å². The van der Waals surface area contributed by atoms with Gasteiger partial charge in [-0.15, -0.1) is 0 Å². The Balaban J connectivity index is 2.07. The zero-order valence-electron chi connectivity index (χ0n) is 13.4. The molecule has 4 nitrogen and oxygen atoms in total. The number of anilines is 2. The van der Waals surface area contributed by atoms with Crippen LogP contribution in [0.1, 0.15) is 29.3 Å². The summed E-state index contributed by atoms with van der Waals surface area (Å²) >= 11 is 0. The largest absolute Gasteiger partial charge is 0.373 e. The predicted octanol–water partition coefficient (Wildman–Crippen LogP) is 3.43. The zero-order valence-corrected chi connectivity index (χ0v) is 13.4. The summed E-state index contributed by atoms with van der Waals surface area (Å²) in [5.74, 6) is -0.0580. The number of nitriles is 1. The van der Waals surface area contributed by atoms with E-state index in [-0.39, 0.29) is 11.9 Å². The van der Waals surface area contributed by atoms with Crippen molar-refractivity contribution in [1.29, 1.82) is 5.26 Å². The number of para-hydroxylation sites is 2. The molecule has 2 aromatic carbocycles. The Morgan fingerprint density at radius 3 is 2.65 bits per heavy atom. The van der Waals surface area contributed by atoms with Crippen molar-refractivity contribution in [3.63, 3.8) is 0 Å². The molecule has 0 N–H and O–H groups in total. The summed E-state index contributed by atoms with van der Waals surface area (Å²) in [6, 6.07) is 17.1. The summed E-state index contributed by atoms with van der Waals surface area (Å²) in [5.41, 5.74) is 3.04. The maximum atomic E-state index is 13.1. The Morgan fingerprint density at radius 1 is 1.17 bits per heavy atom. The first-order valence-electron chi connectivity index (χ1n) is 7.75. The number of benzene rings is 2. The van der Waals surface area contributed by atoms with Crippen LogP contribution in [0.5, 0.6) is 0 Å². The number of amides is 1.